The fourth-order valence-corrected chi connectivity index (χ4v) is 4.15. The van der Waals surface area contributed by atoms with E-state index < -0.39 is 6.10 Å². The van der Waals surface area contributed by atoms with Crippen molar-refractivity contribution in [3.63, 3.8) is 0 Å². The van der Waals surface area contributed by atoms with Crippen molar-refractivity contribution in [1.82, 2.24) is 4.98 Å². The van der Waals surface area contributed by atoms with Gasteiger partial charge in [-0.2, -0.15) is 0 Å². The van der Waals surface area contributed by atoms with Crippen molar-refractivity contribution in [1.29, 1.82) is 0 Å². The van der Waals surface area contributed by atoms with E-state index in [-0.39, 0.29) is 6.10 Å². The molecule has 6 heteroatoms. The Morgan fingerprint density at radius 1 is 1.24 bits per heavy atom. The quantitative estimate of drug-likeness (QED) is 0.633. The van der Waals surface area contributed by atoms with Crippen molar-refractivity contribution in [3.8, 4) is 5.75 Å². The van der Waals surface area contributed by atoms with E-state index in [1.165, 1.54) is 12.8 Å². The van der Waals surface area contributed by atoms with Crippen molar-refractivity contribution in [2.45, 2.75) is 49.2 Å². The molecule has 3 rings (SSSR count). The van der Waals surface area contributed by atoms with E-state index in [1.807, 2.05) is 24.5 Å². The summed E-state index contributed by atoms with van der Waals surface area (Å²) in [4.78, 5) is 5.04. The molecule has 1 aromatic heterocycles. The van der Waals surface area contributed by atoms with E-state index in [4.69, 9.17) is 27.9 Å². The molecule has 0 aliphatic heterocycles. The van der Waals surface area contributed by atoms with Crippen molar-refractivity contribution in [2.24, 2.45) is 0 Å². The van der Waals surface area contributed by atoms with Crippen LogP contribution < -0.4 is 4.74 Å². The first-order valence-corrected chi connectivity index (χ1v) is 10.4. The zero-order chi connectivity index (χ0) is 17.8. The summed E-state index contributed by atoms with van der Waals surface area (Å²) in [6.07, 6.45) is 9.67. The monoisotopic (exact) mass is 397 g/mol. The van der Waals surface area contributed by atoms with Crippen LogP contribution in [0, 0.1) is 0 Å². The lowest BCUT2D eigenvalue weighted by Crippen LogP contribution is -2.12. The van der Waals surface area contributed by atoms with Crippen LogP contribution in [0.15, 0.2) is 35.5 Å². The topological polar surface area (TPSA) is 42.4 Å². The van der Waals surface area contributed by atoms with Crippen molar-refractivity contribution in [3.05, 3.63) is 51.8 Å². The van der Waals surface area contributed by atoms with E-state index in [2.05, 4.69) is 4.98 Å². The number of rotatable bonds is 6. The highest BCUT2D eigenvalue weighted by molar-refractivity contribution is 7.98. The molecule has 1 heterocycles. The molecule has 25 heavy (non-hydrogen) atoms. The van der Waals surface area contributed by atoms with Crippen LogP contribution in [0.25, 0.3) is 0 Å². The van der Waals surface area contributed by atoms with Gasteiger partial charge in [-0.15, -0.1) is 11.8 Å². The second kappa shape index (κ2) is 8.63. The zero-order valence-corrected chi connectivity index (χ0v) is 16.4. The number of hydrogen-bond acceptors (Lipinski definition) is 4. The molecular formula is C19H21Cl2NO2S. The smallest absolute Gasteiger partial charge is 0.133 e. The van der Waals surface area contributed by atoms with Gasteiger partial charge < -0.3 is 9.84 Å². The lowest BCUT2D eigenvalue weighted by Gasteiger charge is -2.19. The Kier molecular flexibility index (Phi) is 6.50. The second-order valence-corrected chi connectivity index (χ2v) is 7.90. The van der Waals surface area contributed by atoms with Gasteiger partial charge in [0.15, 0.2) is 0 Å². The SMILES string of the molecule is CSc1ccc(C(O)Cc2c(Cl)cncc2Cl)cc1OC1CCCC1. The van der Waals surface area contributed by atoms with Gasteiger partial charge in [-0.25, -0.2) is 0 Å². The van der Waals surface area contributed by atoms with Gasteiger partial charge in [-0.05, 0) is 55.2 Å². The third-order valence-electron chi connectivity index (χ3n) is 4.52. The minimum Gasteiger partial charge on any atom is -0.489 e. The molecule has 0 saturated heterocycles. The standard InChI is InChI=1S/C19H21Cl2NO2S/c1-25-19-7-6-12(8-18(19)24-13-4-2-3-5-13)17(23)9-14-15(20)10-22-11-16(14)21/h6-8,10-11,13,17,23H,2-5,9H2,1H3. The molecule has 0 bridgehead atoms. The second-order valence-electron chi connectivity index (χ2n) is 6.24. The molecule has 1 fully saturated rings. The van der Waals surface area contributed by atoms with Gasteiger partial charge in [-0.1, -0.05) is 29.3 Å². The predicted molar refractivity (Wildman–Crippen MR) is 104 cm³/mol. The summed E-state index contributed by atoms with van der Waals surface area (Å²) >= 11 is 14.0. The molecule has 3 nitrogen and oxygen atoms in total. The third kappa shape index (κ3) is 4.62. The van der Waals surface area contributed by atoms with E-state index in [0.29, 0.717) is 22.0 Å². The normalized spacial score (nSPS) is 16.2. The van der Waals surface area contributed by atoms with E-state index in [0.717, 1.165) is 29.1 Å². The van der Waals surface area contributed by atoms with E-state index in [1.54, 1.807) is 24.2 Å². The largest absolute Gasteiger partial charge is 0.489 e. The molecule has 0 radical (unpaired) electrons. The summed E-state index contributed by atoms with van der Waals surface area (Å²) in [7, 11) is 0. The average Bonchev–Trinajstić information content (AvgIpc) is 3.11. The van der Waals surface area contributed by atoms with Crippen LogP contribution in [0.2, 0.25) is 10.0 Å². The van der Waals surface area contributed by atoms with Crippen LogP contribution in [0.4, 0.5) is 0 Å². The molecule has 0 spiro atoms. The fourth-order valence-electron chi connectivity index (χ4n) is 3.12. The maximum atomic E-state index is 10.7. The highest BCUT2D eigenvalue weighted by Crippen LogP contribution is 2.35. The van der Waals surface area contributed by atoms with E-state index in [9.17, 15) is 5.11 Å². The Balaban J connectivity index is 1.81. The maximum absolute atomic E-state index is 10.7. The fraction of sp³-hybridized carbons (Fsp3) is 0.421. The van der Waals surface area contributed by atoms with Crippen LogP contribution >= 0.6 is 35.0 Å². The minimum absolute atomic E-state index is 0.280. The summed E-state index contributed by atoms with van der Waals surface area (Å²) < 4.78 is 6.19. The molecule has 1 aliphatic carbocycles. The van der Waals surface area contributed by atoms with Crippen molar-refractivity contribution in [2.75, 3.05) is 6.26 Å². The van der Waals surface area contributed by atoms with Gasteiger partial charge in [0.05, 0.1) is 22.3 Å². The molecular weight excluding hydrogens is 377 g/mol. The van der Waals surface area contributed by atoms with Crippen LogP contribution in [-0.2, 0) is 6.42 Å². The molecule has 1 aromatic carbocycles. The Labute approximate surface area is 162 Å². The number of hydrogen-bond donors (Lipinski definition) is 1. The summed E-state index contributed by atoms with van der Waals surface area (Å²) in [6, 6.07) is 5.88. The number of aliphatic hydroxyl groups is 1. The highest BCUT2D eigenvalue weighted by atomic mass is 35.5. The first kappa shape index (κ1) is 18.8. The third-order valence-corrected chi connectivity index (χ3v) is 5.95. The summed E-state index contributed by atoms with van der Waals surface area (Å²) in [6.45, 7) is 0. The lowest BCUT2D eigenvalue weighted by atomic mass is 10.0. The average molecular weight is 398 g/mol. The van der Waals surface area contributed by atoms with Crippen LogP contribution in [-0.4, -0.2) is 22.5 Å². The summed E-state index contributed by atoms with van der Waals surface area (Å²) in [5.41, 5.74) is 1.51. The van der Waals surface area contributed by atoms with Crippen LogP contribution in [0.3, 0.4) is 0 Å². The number of aliphatic hydroxyl groups excluding tert-OH is 1. The van der Waals surface area contributed by atoms with E-state index >= 15 is 0 Å². The first-order valence-electron chi connectivity index (χ1n) is 8.39. The van der Waals surface area contributed by atoms with Crippen molar-refractivity contribution >= 4 is 35.0 Å². The predicted octanol–water partition coefficient (Wildman–Crippen LogP) is 5.71. The molecule has 134 valence electrons. The lowest BCUT2D eigenvalue weighted by molar-refractivity contribution is 0.175. The molecule has 1 saturated carbocycles. The Morgan fingerprint density at radius 3 is 2.56 bits per heavy atom. The molecule has 1 atom stereocenters. The Hall–Kier alpha value is -0.940. The number of ether oxygens (including phenoxy) is 1. The van der Waals surface area contributed by atoms with Gasteiger partial charge >= 0.3 is 0 Å². The maximum Gasteiger partial charge on any atom is 0.133 e. The summed E-state index contributed by atoms with van der Waals surface area (Å²) in [5.74, 6) is 0.850. The number of thioether (sulfide) groups is 1. The summed E-state index contributed by atoms with van der Waals surface area (Å²) in [5, 5.41) is 11.6. The van der Waals surface area contributed by atoms with Crippen LogP contribution in [0.1, 0.15) is 42.9 Å². The molecule has 1 N–H and O–H groups in total. The Morgan fingerprint density at radius 2 is 1.92 bits per heavy atom. The van der Waals surface area contributed by atoms with Gasteiger partial charge in [0.1, 0.15) is 5.75 Å². The minimum atomic E-state index is -0.709. The number of aromatic nitrogens is 1. The number of nitrogens with zero attached hydrogens (tertiary/aromatic N) is 1. The number of benzene rings is 1. The van der Waals surface area contributed by atoms with Gasteiger partial charge in [0.2, 0.25) is 0 Å². The Bertz CT molecular complexity index is 715. The first-order chi connectivity index (χ1) is 12.1. The molecule has 1 aliphatic rings. The van der Waals surface area contributed by atoms with Gasteiger partial charge in [-0.3, -0.25) is 4.98 Å². The number of halogens is 2. The highest BCUT2D eigenvalue weighted by Gasteiger charge is 2.20. The van der Waals surface area contributed by atoms with Gasteiger partial charge in [0, 0.05) is 23.7 Å². The molecule has 1 unspecified atom stereocenters. The number of pyridine rings is 1. The van der Waals surface area contributed by atoms with Crippen LogP contribution in [0.5, 0.6) is 5.75 Å². The van der Waals surface area contributed by atoms with Gasteiger partial charge in [0.25, 0.3) is 0 Å². The molecule has 0 amide bonds. The van der Waals surface area contributed by atoms with Crippen molar-refractivity contribution < 1.29 is 9.84 Å². The molecule has 2 aromatic rings. The zero-order valence-electron chi connectivity index (χ0n) is 14.0.